The van der Waals surface area contributed by atoms with E-state index in [9.17, 15) is 4.79 Å². The van der Waals surface area contributed by atoms with Crippen LogP contribution in [0, 0.1) is 11.8 Å². The molecule has 0 aromatic heterocycles. The number of allylic oxidation sites excluding steroid dienone is 1. The Morgan fingerprint density at radius 1 is 0.736 bits per heavy atom. The number of esters is 1. The maximum absolute atomic E-state index is 13.9. The standard InChI is InChI=1S/C44H56O4Si2.C2H6O/c1-10-20-38-39(32-46-50(44(5,6)7,36-23-16-12-17-24-36)37-25-18-13-19-26-37)40(31-41(38)48-49(8,9)43(2,3)4)47-42(45)35-29-27-34(28-30-35)33-21-14-11-15-22-33;1-2-3/h10-19,21-30,38-41H,1,20,31-32H2,2-9H3;3H,2H2,1H3/t38-,39-,40-,41+;/m1./s1. The highest BCUT2D eigenvalue weighted by Crippen LogP contribution is 2.46. The highest BCUT2D eigenvalue weighted by Gasteiger charge is 2.54. The predicted molar refractivity (Wildman–Crippen MR) is 226 cm³/mol. The number of aliphatic hydroxyl groups excluding tert-OH is 1. The number of carbonyl (C=O) groups is 1. The summed E-state index contributed by atoms with van der Waals surface area (Å²) in [7, 11) is -4.98. The molecule has 1 aliphatic rings. The summed E-state index contributed by atoms with van der Waals surface area (Å²) in [6, 6.07) is 39.4. The first-order valence-corrected chi connectivity index (χ1v) is 23.9. The van der Waals surface area contributed by atoms with E-state index in [1.165, 1.54) is 10.4 Å². The maximum Gasteiger partial charge on any atom is 0.338 e. The lowest BCUT2D eigenvalue weighted by atomic mass is 9.91. The number of ether oxygens (including phenoxy) is 1. The van der Waals surface area contributed by atoms with Crippen molar-refractivity contribution in [2.45, 2.75) is 96.7 Å². The van der Waals surface area contributed by atoms with Crippen molar-refractivity contribution < 1.29 is 23.5 Å². The van der Waals surface area contributed by atoms with Gasteiger partial charge in [0, 0.05) is 25.6 Å². The third-order valence-electron chi connectivity index (χ3n) is 11.1. The molecule has 0 amide bonds. The maximum atomic E-state index is 13.9. The summed E-state index contributed by atoms with van der Waals surface area (Å²) < 4.78 is 21.2. The Hall–Kier alpha value is -3.60. The number of hydrogen-bond donors (Lipinski definition) is 1. The zero-order valence-corrected chi connectivity index (χ0v) is 35.5. The van der Waals surface area contributed by atoms with Gasteiger partial charge < -0.3 is 18.7 Å². The summed E-state index contributed by atoms with van der Waals surface area (Å²) in [5.41, 5.74) is 2.72. The lowest BCUT2D eigenvalue weighted by Gasteiger charge is -2.44. The van der Waals surface area contributed by atoms with Crippen LogP contribution in [0.5, 0.6) is 0 Å². The molecule has 5 nitrogen and oxygen atoms in total. The van der Waals surface area contributed by atoms with Gasteiger partial charge >= 0.3 is 5.97 Å². The summed E-state index contributed by atoms with van der Waals surface area (Å²) in [5.74, 6) is -0.287. The minimum absolute atomic E-state index is 0.0436. The number of aliphatic hydroxyl groups is 1. The molecule has 7 heteroatoms. The fourth-order valence-corrected chi connectivity index (χ4v) is 13.3. The van der Waals surface area contributed by atoms with Crippen molar-refractivity contribution in [2.24, 2.45) is 11.8 Å². The minimum atomic E-state index is -2.84. The van der Waals surface area contributed by atoms with Crippen LogP contribution in [0.2, 0.25) is 23.2 Å². The van der Waals surface area contributed by atoms with Crippen molar-refractivity contribution in [3.05, 3.63) is 133 Å². The second-order valence-electron chi connectivity index (χ2n) is 16.7. The number of hydrogen-bond acceptors (Lipinski definition) is 5. The summed E-state index contributed by atoms with van der Waals surface area (Å²) in [4.78, 5) is 13.9. The lowest BCUT2D eigenvalue weighted by Crippen LogP contribution is -2.67. The number of rotatable bonds is 12. The molecule has 4 atom stereocenters. The van der Waals surface area contributed by atoms with Gasteiger partial charge in [-0.25, -0.2) is 4.79 Å². The Kier molecular flexibility index (Phi) is 14.4. The summed E-state index contributed by atoms with van der Waals surface area (Å²) in [6.45, 7) is 24.9. The molecule has 0 spiro atoms. The van der Waals surface area contributed by atoms with Crippen LogP contribution in [0.25, 0.3) is 11.1 Å². The Morgan fingerprint density at radius 2 is 1.21 bits per heavy atom. The summed E-state index contributed by atoms with van der Waals surface area (Å²) >= 11 is 0. The van der Waals surface area contributed by atoms with E-state index < -0.39 is 16.6 Å². The quantitative estimate of drug-likeness (QED) is 0.0888. The zero-order chi connectivity index (χ0) is 38.9. The Morgan fingerprint density at radius 3 is 1.66 bits per heavy atom. The van der Waals surface area contributed by atoms with E-state index in [0.717, 1.165) is 17.5 Å². The molecule has 0 unspecified atom stereocenters. The minimum Gasteiger partial charge on any atom is -0.458 e. The third kappa shape index (κ3) is 9.94. The molecule has 1 N–H and O–H groups in total. The Balaban J connectivity index is 0.00000202. The van der Waals surface area contributed by atoms with Gasteiger partial charge in [-0.3, -0.25) is 0 Å². The molecule has 0 aliphatic heterocycles. The molecular weight excluding hydrogens is 689 g/mol. The first-order chi connectivity index (χ1) is 25.1. The van der Waals surface area contributed by atoms with Gasteiger partial charge in [-0.05, 0) is 76.1 Å². The van der Waals surface area contributed by atoms with Crippen LogP contribution in [0.4, 0.5) is 0 Å². The third-order valence-corrected chi connectivity index (χ3v) is 20.6. The molecule has 53 heavy (non-hydrogen) atoms. The monoisotopic (exact) mass is 750 g/mol. The van der Waals surface area contributed by atoms with E-state index in [1.807, 2.05) is 48.5 Å². The second-order valence-corrected chi connectivity index (χ2v) is 25.7. The average Bonchev–Trinajstić information content (AvgIpc) is 3.43. The van der Waals surface area contributed by atoms with Crippen LogP contribution in [0.3, 0.4) is 0 Å². The van der Waals surface area contributed by atoms with E-state index in [2.05, 4.69) is 134 Å². The zero-order valence-electron chi connectivity index (χ0n) is 33.5. The fourth-order valence-electron chi connectivity index (χ4n) is 7.32. The van der Waals surface area contributed by atoms with Gasteiger partial charge in [0.1, 0.15) is 6.10 Å². The smallest absolute Gasteiger partial charge is 0.338 e. The molecule has 5 rings (SSSR count). The predicted octanol–water partition coefficient (Wildman–Crippen LogP) is 10.1. The molecule has 1 saturated carbocycles. The van der Waals surface area contributed by atoms with Gasteiger partial charge in [-0.1, -0.05) is 151 Å². The SMILES string of the molecule is C=CC[C@@H]1[C@@H](CO[Si](c2ccccc2)(c2ccccc2)C(C)(C)C)[C@H](OC(=O)c2ccc(-c3ccccc3)cc2)C[C@@H]1O[Si](C)(C)C(C)(C)C.CCO. The lowest BCUT2D eigenvalue weighted by molar-refractivity contribution is 0.00918. The van der Waals surface area contributed by atoms with E-state index in [0.29, 0.717) is 18.6 Å². The fraction of sp³-hybridized carbons (Fsp3) is 0.413. The van der Waals surface area contributed by atoms with Gasteiger partial charge in [0.05, 0.1) is 11.7 Å². The second kappa shape index (κ2) is 18.2. The van der Waals surface area contributed by atoms with Crippen molar-refractivity contribution in [3.8, 4) is 11.1 Å². The molecule has 0 saturated heterocycles. The Labute approximate surface area is 321 Å². The van der Waals surface area contributed by atoms with Gasteiger partial charge in [-0.15, -0.1) is 6.58 Å². The molecule has 0 bridgehead atoms. The van der Waals surface area contributed by atoms with Gasteiger partial charge in [-0.2, -0.15) is 0 Å². The molecule has 0 heterocycles. The van der Waals surface area contributed by atoms with E-state index >= 15 is 0 Å². The molecule has 0 radical (unpaired) electrons. The van der Waals surface area contributed by atoms with E-state index in [4.69, 9.17) is 18.7 Å². The van der Waals surface area contributed by atoms with Crippen LogP contribution >= 0.6 is 0 Å². The largest absolute Gasteiger partial charge is 0.458 e. The Bertz CT molecular complexity index is 1670. The van der Waals surface area contributed by atoms with Crippen LogP contribution in [-0.2, 0) is 13.6 Å². The highest BCUT2D eigenvalue weighted by molar-refractivity contribution is 6.99. The molecule has 284 valence electrons. The molecule has 4 aromatic rings. The molecule has 4 aromatic carbocycles. The van der Waals surface area contributed by atoms with E-state index in [1.54, 1.807) is 6.92 Å². The van der Waals surface area contributed by atoms with Gasteiger partial charge in [0.2, 0.25) is 0 Å². The summed E-state index contributed by atoms with van der Waals surface area (Å²) in [5, 5.41) is 9.91. The first-order valence-electron chi connectivity index (χ1n) is 19.1. The first kappa shape index (κ1) is 42.1. The van der Waals surface area contributed by atoms with Crippen molar-refractivity contribution in [3.63, 3.8) is 0 Å². The van der Waals surface area contributed by atoms with Gasteiger partial charge in [0.25, 0.3) is 8.32 Å². The number of benzene rings is 4. The normalized spacial score (nSPS) is 19.2. The van der Waals surface area contributed by atoms with Crippen LogP contribution in [0.15, 0.2) is 128 Å². The van der Waals surface area contributed by atoms with Crippen LogP contribution in [-0.4, -0.2) is 53.1 Å². The molecule has 1 aliphatic carbocycles. The van der Waals surface area contributed by atoms with Crippen molar-refractivity contribution in [1.82, 2.24) is 0 Å². The average molecular weight is 751 g/mol. The topological polar surface area (TPSA) is 65.0 Å². The molecule has 1 fully saturated rings. The van der Waals surface area contributed by atoms with Crippen LogP contribution < -0.4 is 10.4 Å². The van der Waals surface area contributed by atoms with Crippen LogP contribution in [0.1, 0.15) is 71.7 Å². The van der Waals surface area contributed by atoms with Crippen molar-refractivity contribution >= 4 is 33.0 Å². The van der Waals surface area contributed by atoms with Crippen molar-refractivity contribution in [1.29, 1.82) is 0 Å². The summed E-state index contributed by atoms with van der Waals surface area (Å²) in [6.07, 6.45) is 2.95. The molecular formula is C46H62O5Si2. The highest BCUT2D eigenvalue weighted by atomic mass is 28.4. The number of carbonyl (C=O) groups excluding carboxylic acids is 1. The van der Waals surface area contributed by atoms with Gasteiger partial charge in [0.15, 0.2) is 8.32 Å². The van der Waals surface area contributed by atoms with Crippen molar-refractivity contribution in [2.75, 3.05) is 13.2 Å². The van der Waals surface area contributed by atoms with E-state index in [-0.39, 0.29) is 46.7 Å².